The van der Waals surface area contributed by atoms with Crippen molar-refractivity contribution in [1.82, 2.24) is 4.57 Å². The molecular weight excluding hydrogens is 272 g/mol. The Morgan fingerprint density at radius 1 is 1.30 bits per heavy atom. The average Bonchev–Trinajstić information content (AvgIpc) is 2.70. The molecule has 0 aliphatic carbocycles. The Bertz CT molecular complexity index is 718. The molecule has 1 N–H and O–H groups in total. The second kappa shape index (κ2) is 4.90. The fraction of sp³-hybridized carbons (Fsp3) is 0.267. The summed E-state index contributed by atoms with van der Waals surface area (Å²) in [6.45, 7) is 5.79. The van der Waals surface area contributed by atoms with E-state index < -0.39 is 5.97 Å². The van der Waals surface area contributed by atoms with E-state index >= 15 is 0 Å². The molecule has 0 amide bonds. The second-order valence-corrected chi connectivity index (χ2v) is 5.59. The van der Waals surface area contributed by atoms with Gasteiger partial charge in [0, 0.05) is 30.2 Å². The van der Waals surface area contributed by atoms with E-state index in [4.69, 9.17) is 0 Å². The van der Waals surface area contributed by atoms with Crippen molar-refractivity contribution in [3.05, 3.63) is 34.9 Å². The van der Waals surface area contributed by atoms with E-state index in [1.165, 1.54) is 0 Å². The van der Waals surface area contributed by atoms with Gasteiger partial charge in [-0.1, -0.05) is 0 Å². The summed E-state index contributed by atoms with van der Waals surface area (Å²) in [4.78, 5) is 11.4. The van der Waals surface area contributed by atoms with Gasteiger partial charge in [0.15, 0.2) is 0 Å². The van der Waals surface area contributed by atoms with Gasteiger partial charge >= 0.3 is 5.97 Å². The first kappa shape index (κ1) is 13.1. The minimum atomic E-state index is -0.883. The van der Waals surface area contributed by atoms with Crippen LogP contribution in [0.4, 0.5) is 5.69 Å². The summed E-state index contributed by atoms with van der Waals surface area (Å²) in [5.74, 6) is -0.883. The molecular formula is C15H16N2O2S. The number of rotatable bonds is 3. The Morgan fingerprint density at radius 2 is 2.10 bits per heavy atom. The molecule has 0 bridgehead atoms. The van der Waals surface area contributed by atoms with E-state index in [1.54, 1.807) is 24.1 Å². The molecule has 1 aromatic carbocycles. The van der Waals surface area contributed by atoms with E-state index in [9.17, 15) is 9.90 Å². The molecule has 0 radical (unpaired) electrons. The van der Waals surface area contributed by atoms with Crippen LogP contribution >= 0.6 is 11.9 Å². The molecule has 1 aromatic heterocycles. The van der Waals surface area contributed by atoms with Crippen LogP contribution in [0.3, 0.4) is 0 Å². The van der Waals surface area contributed by atoms with Crippen LogP contribution in [0.5, 0.6) is 0 Å². The van der Waals surface area contributed by atoms with E-state index in [0.29, 0.717) is 5.56 Å². The van der Waals surface area contributed by atoms with Gasteiger partial charge < -0.3 is 14.0 Å². The van der Waals surface area contributed by atoms with Crippen LogP contribution in [-0.4, -0.2) is 22.2 Å². The van der Waals surface area contributed by atoms with E-state index in [0.717, 1.165) is 35.2 Å². The van der Waals surface area contributed by atoms with Crippen molar-refractivity contribution in [2.75, 3.05) is 10.8 Å². The molecule has 1 aliphatic heterocycles. The van der Waals surface area contributed by atoms with Crippen LogP contribution in [0.25, 0.3) is 17.0 Å². The molecule has 4 nitrogen and oxygen atoms in total. The van der Waals surface area contributed by atoms with Gasteiger partial charge in [-0.2, -0.15) is 0 Å². The molecule has 2 heterocycles. The summed E-state index contributed by atoms with van der Waals surface area (Å²) in [7, 11) is 0. The van der Waals surface area contributed by atoms with Crippen molar-refractivity contribution in [2.45, 2.75) is 20.4 Å². The lowest BCUT2D eigenvalue weighted by atomic mass is 10.1. The molecule has 5 heteroatoms. The summed E-state index contributed by atoms with van der Waals surface area (Å²) < 4.78 is 4.23. The number of anilines is 1. The maximum absolute atomic E-state index is 11.4. The van der Waals surface area contributed by atoms with Crippen LogP contribution in [0, 0.1) is 0 Å². The highest BCUT2D eigenvalue weighted by Crippen LogP contribution is 2.39. The van der Waals surface area contributed by atoms with Crippen molar-refractivity contribution < 1.29 is 9.90 Å². The zero-order chi connectivity index (χ0) is 14.3. The van der Waals surface area contributed by atoms with Gasteiger partial charge in [0.25, 0.3) is 0 Å². The van der Waals surface area contributed by atoms with Gasteiger partial charge in [-0.15, -0.1) is 0 Å². The van der Waals surface area contributed by atoms with E-state index in [1.807, 2.05) is 0 Å². The van der Waals surface area contributed by atoms with Crippen molar-refractivity contribution >= 4 is 40.6 Å². The number of carbonyl (C=O) groups is 1. The Morgan fingerprint density at radius 3 is 2.75 bits per heavy atom. The molecule has 0 saturated carbocycles. The number of aromatic carboxylic acids is 1. The minimum Gasteiger partial charge on any atom is -0.478 e. The van der Waals surface area contributed by atoms with Crippen LogP contribution in [0.1, 0.15) is 29.8 Å². The minimum absolute atomic E-state index is 0.341. The van der Waals surface area contributed by atoms with Crippen LogP contribution in [0.2, 0.25) is 0 Å². The van der Waals surface area contributed by atoms with E-state index in [-0.39, 0.29) is 0 Å². The number of nitrogens with zero attached hydrogens (tertiary/aromatic N) is 2. The van der Waals surface area contributed by atoms with Crippen molar-refractivity contribution in [1.29, 1.82) is 0 Å². The Kier molecular flexibility index (Phi) is 3.22. The van der Waals surface area contributed by atoms with Crippen LogP contribution < -0.4 is 4.31 Å². The molecule has 0 spiro atoms. The van der Waals surface area contributed by atoms with Gasteiger partial charge in [0.05, 0.1) is 16.8 Å². The van der Waals surface area contributed by atoms with Crippen molar-refractivity contribution in [2.24, 2.45) is 0 Å². The molecule has 20 heavy (non-hydrogen) atoms. The maximum Gasteiger partial charge on any atom is 0.335 e. The molecule has 2 aromatic rings. The molecule has 0 unspecified atom stereocenters. The summed E-state index contributed by atoms with van der Waals surface area (Å²) in [5.41, 5.74) is 3.47. The summed E-state index contributed by atoms with van der Waals surface area (Å²) in [6.07, 6.45) is 4.19. The molecule has 0 atom stereocenters. The third-order valence-electron chi connectivity index (χ3n) is 3.57. The largest absolute Gasteiger partial charge is 0.478 e. The van der Waals surface area contributed by atoms with Crippen LogP contribution in [0.15, 0.2) is 23.7 Å². The second-order valence-electron chi connectivity index (χ2n) is 4.67. The maximum atomic E-state index is 11.4. The third-order valence-corrected chi connectivity index (χ3v) is 4.54. The molecule has 3 rings (SSSR count). The predicted molar refractivity (Wildman–Crippen MR) is 84.2 cm³/mol. The summed E-state index contributed by atoms with van der Waals surface area (Å²) in [6, 6.07) is 3.55. The number of benzene rings is 1. The monoisotopic (exact) mass is 288 g/mol. The first-order chi connectivity index (χ1) is 9.65. The number of carboxylic acids is 1. The van der Waals surface area contributed by atoms with Gasteiger partial charge in [-0.05, 0) is 49.4 Å². The Labute approximate surface area is 121 Å². The Hall–Kier alpha value is -1.88. The fourth-order valence-corrected chi connectivity index (χ4v) is 3.38. The number of hydrogen-bond donors (Lipinski definition) is 1. The lowest BCUT2D eigenvalue weighted by molar-refractivity contribution is 0.0697. The highest BCUT2D eigenvalue weighted by molar-refractivity contribution is 8.03. The molecule has 0 fully saturated rings. The van der Waals surface area contributed by atoms with Gasteiger partial charge in [0.2, 0.25) is 0 Å². The molecule has 1 aliphatic rings. The Balaban J connectivity index is 2.39. The van der Waals surface area contributed by atoms with Gasteiger partial charge in [-0.25, -0.2) is 4.79 Å². The van der Waals surface area contributed by atoms with Gasteiger partial charge in [-0.3, -0.25) is 0 Å². The standard InChI is InChI=1S/C15H16N2O2S/c1-3-16-9-10-5-6-20-17(4-2)13-8-11(15(18)19)7-12(16)14(10)13/h5-9H,3-4H2,1-2H3,(H,18,19). The SMILES string of the molecule is CCN1SC=Cc2cn(CC)c3cc(C(=O)O)cc1c23. The van der Waals surface area contributed by atoms with Crippen LogP contribution in [-0.2, 0) is 6.54 Å². The van der Waals surface area contributed by atoms with Gasteiger partial charge in [0.1, 0.15) is 0 Å². The van der Waals surface area contributed by atoms with Crippen molar-refractivity contribution in [3.8, 4) is 0 Å². The zero-order valence-corrected chi connectivity index (χ0v) is 12.3. The lowest BCUT2D eigenvalue weighted by Gasteiger charge is -2.20. The smallest absolute Gasteiger partial charge is 0.335 e. The quantitative estimate of drug-likeness (QED) is 0.872. The van der Waals surface area contributed by atoms with Crippen molar-refractivity contribution in [3.63, 3.8) is 0 Å². The number of carboxylic acid groups (broad SMARTS) is 1. The highest BCUT2D eigenvalue weighted by Gasteiger charge is 2.20. The summed E-state index contributed by atoms with van der Waals surface area (Å²) in [5, 5.41) is 12.5. The fourth-order valence-electron chi connectivity index (χ4n) is 2.62. The predicted octanol–water partition coefficient (Wildman–Crippen LogP) is 3.82. The topological polar surface area (TPSA) is 45.5 Å². The number of hydrogen-bond acceptors (Lipinski definition) is 3. The number of aryl methyl sites for hydroxylation is 1. The van der Waals surface area contributed by atoms with E-state index in [2.05, 4.69) is 40.4 Å². The first-order valence-corrected chi connectivity index (χ1v) is 7.50. The zero-order valence-electron chi connectivity index (χ0n) is 11.5. The number of aromatic nitrogens is 1. The normalized spacial score (nSPS) is 13.8. The molecule has 0 saturated heterocycles. The molecule has 104 valence electrons. The summed E-state index contributed by atoms with van der Waals surface area (Å²) >= 11 is 1.60. The lowest BCUT2D eigenvalue weighted by Crippen LogP contribution is -2.13. The first-order valence-electron chi connectivity index (χ1n) is 6.66. The average molecular weight is 288 g/mol. The third kappa shape index (κ3) is 1.89. The highest BCUT2D eigenvalue weighted by atomic mass is 32.2.